The maximum Gasteiger partial charge on any atom is 0.342 e. The van der Waals surface area contributed by atoms with E-state index in [0.717, 1.165) is 11.1 Å². The monoisotopic (exact) mass is 439 g/mol. The summed E-state index contributed by atoms with van der Waals surface area (Å²) in [5, 5.41) is 7.22. The van der Waals surface area contributed by atoms with E-state index in [1.807, 2.05) is 36.4 Å². The quantitative estimate of drug-likeness (QED) is 0.571. The summed E-state index contributed by atoms with van der Waals surface area (Å²) in [6, 6.07) is 16.4. The number of hydrogen-bond donors (Lipinski definition) is 1. The highest BCUT2D eigenvalue weighted by molar-refractivity contribution is 6.31. The second kappa shape index (κ2) is 10.0. The van der Waals surface area contributed by atoms with Crippen LogP contribution in [0.1, 0.15) is 32.9 Å². The molecule has 2 amide bonds. The van der Waals surface area contributed by atoms with Crippen molar-refractivity contribution in [2.45, 2.75) is 26.8 Å². The van der Waals surface area contributed by atoms with Crippen molar-refractivity contribution in [3.05, 3.63) is 87.7 Å². The lowest BCUT2D eigenvalue weighted by Gasteiger charge is -2.08. The molecule has 8 heteroatoms. The molecule has 1 N–H and O–H groups in total. The zero-order chi connectivity index (χ0) is 22.4. The van der Waals surface area contributed by atoms with Gasteiger partial charge in [0.1, 0.15) is 5.56 Å². The molecule has 0 saturated heterocycles. The largest absolute Gasteiger partial charge is 0.452 e. The summed E-state index contributed by atoms with van der Waals surface area (Å²) in [4.78, 5) is 36.5. The first-order valence-corrected chi connectivity index (χ1v) is 10.0. The smallest absolute Gasteiger partial charge is 0.342 e. The van der Waals surface area contributed by atoms with Gasteiger partial charge in [0, 0.05) is 5.02 Å². The first-order valence-electron chi connectivity index (χ1n) is 9.66. The third kappa shape index (κ3) is 5.79. The van der Waals surface area contributed by atoms with Crippen LogP contribution in [0.5, 0.6) is 0 Å². The zero-order valence-electron chi connectivity index (χ0n) is 17.2. The third-order valence-corrected chi connectivity index (χ3v) is 5.05. The van der Waals surface area contributed by atoms with Crippen LogP contribution in [0, 0.1) is 13.8 Å². The van der Waals surface area contributed by atoms with Gasteiger partial charge in [0.25, 0.3) is 5.91 Å². The first-order chi connectivity index (χ1) is 14.8. The van der Waals surface area contributed by atoms with Gasteiger partial charge in [-0.1, -0.05) is 60.1 Å². The highest BCUT2D eigenvalue weighted by atomic mass is 35.5. The van der Waals surface area contributed by atoms with E-state index in [4.69, 9.17) is 16.3 Å². The molecule has 160 valence electrons. The molecule has 1 aromatic heterocycles. The third-order valence-electron chi connectivity index (χ3n) is 4.68. The lowest BCUT2D eigenvalue weighted by molar-refractivity contribution is -0.132. The van der Waals surface area contributed by atoms with Crippen molar-refractivity contribution < 1.29 is 19.1 Å². The highest BCUT2D eigenvalue weighted by Gasteiger charge is 2.21. The van der Waals surface area contributed by atoms with E-state index in [0.29, 0.717) is 23.0 Å². The topological polar surface area (TPSA) is 90.3 Å². The molecule has 3 aromatic rings. The van der Waals surface area contributed by atoms with E-state index < -0.39 is 24.4 Å². The van der Waals surface area contributed by atoms with Gasteiger partial charge in [0.2, 0.25) is 5.91 Å². The molecule has 0 aliphatic heterocycles. The zero-order valence-corrected chi connectivity index (χ0v) is 18.0. The molecule has 0 aliphatic carbocycles. The second-order valence-electron chi connectivity index (χ2n) is 7.00. The average molecular weight is 440 g/mol. The van der Waals surface area contributed by atoms with Gasteiger partial charge in [0.05, 0.1) is 24.4 Å². The van der Waals surface area contributed by atoms with E-state index >= 15 is 0 Å². The summed E-state index contributed by atoms with van der Waals surface area (Å²) in [7, 11) is 0. The number of amides is 2. The van der Waals surface area contributed by atoms with Crippen LogP contribution in [0.2, 0.25) is 5.02 Å². The Morgan fingerprint density at radius 2 is 1.68 bits per heavy atom. The van der Waals surface area contributed by atoms with Crippen molar-refractivity contribution in [3.8, 4) is 0 Å². The van der Waals surface area contributed by atoms with Gasteiger partial charge in [0.15, 0.2) is 6.61 Å². The molecular weight excluding hydrogens is 418 g/mol. The summed E-state index contributed by atoms with van der Waals surface area (Å²) in [5.41, 5.74) is 3.02. The Morgan fingerprint density at radius 3 is 2.39 bits per heavy atom. The van der Waals surface area contributed by atoms with Crippen LogP contribution < -0.4 is 5.32 Å². The van der Waals surface area contributed by atoms with Gasteiger partial charge < -0.3 is 4.74 Å². The van der Waals surface area contributed by atoms with E-state index in [1.165, 1.54) is 0 Å². The van der Waals surface area contributed by atoms with Gasteiger partial charge in [-0.25, -0.2) is 4.79 Å². The van der Waals surface area contributed by atoms with Gasteiger partial charge in [-0.15, -0.1) is 0 Å². The Labute approximate surface area is 185 Å². The van der Waals surface area contributed by atoms with E-state index in [-0.39, 0.29) is 12.0 Å². The predicted octanol–water partition coefficient (Wildman–Crippen LogP) is 3.24. The van der Waals surface area contributed by atoms with E-state index in [2.05, 4.69) is 10.4 Å². The number of ether oxygens (including phenoxy) is 1. The number of carbonyl (C=O) groups is 3. The molecule has 31 heavy (non-hydrogen) atoms. The lowest BCUT2D eigenvalue weighted by Crippen LogP contribution is -2.35. The van der Waals surface area contributed by atoms with Crippen molar-refractivity contribution in [2.24, 2.45) is 0 Å². The highest BCUT2D eigenvalue weighted by Crippen LogP contribution is 2.20. The molecule has 0 unspecified atom stereocenters. The standard InChI is InChI=1S/C23H22ClN3O4/c1-15-22(16(2)27(26-15)13-18-10-6-7-11-19(18)24)23(30)31-14-21(29)25-20(28)12-17-8-4-3-5-9-17/h3-11H,12-14H2,1-2H3,(H,25,28,29). The maximum atomic E-state index is 12.5. The number of esters is 1. The number of aromatic nitrogens is 2. The number of hydrogen-bond acceptors (Lipinski definition) is 5. The maximum absolute atomic E-state index is 12.5. The minimum absolute atomic E-state index is 0.0631. The van der Waals surface area contributed by atoms with Crippen LogP contribution in [-0.2, 0) is 27.3 Å². The fraction of sp³-hybridized carbons (Fsp3) is 0.217. The second-order valence-corrected chi connectivity index (χ2v) is 7.41. The van der Waals surface area contributed by atoms with Crippen LogP contribution in [0.15, 0.2) is 54.6 Å². The number of nitrogens with zero attached hydrogens (tertiary/aromatic N) is 2. The number of halogens is 1. The molecule has 3 rings (SSSR count). The molecule has 0 bridgehead atoms. The molecule has 0 saturated carbocycles. The fourth-order valence-corrected chi connectivity index (χ4v) is 3.35. The predicted molar refractivity (Wildman–Crippen MR) is 116 cm³/mol. The number of benzene rings is 2. The molecule has 0 radical (unpaired) electrons. The van der Waals surface area contributed by atoms with Crippen molar-refractivity contribution in [1.82, 2.24) is 15.1 Å². The van der Waals surface area contributed by atoms with Crippen molar-refractivity contribution in [3.63, 3.8) is 0 Å². The SMILES string of the molecule is Cc1nn(Cc2ccccc2Cl)c(C)c1C(=O)OCC(=O)NC(=O)Cc1ccccc1. The summed E-state index contributed by atoms with van der Waals surface area (Å²) in [5.74, 6) is -1.83. The molecule has 0 aliphatic rings. The molecule has 2 aromatic carbocycles. The molecule has 0 fully saturated rings. The molecular formula is C23H22ClN3O4. The summed E-state index contributed by atoms with van der Waals surface area (Å²) >= 11 is 6.21. The normalized spacial score (nSPS) is 10.5. The summed E-state index contributed by atoms with van der Waals surface area (Å²) in [6.45, 7) is 3.27. The van der Waals surface area contributed by atoms with Gasteiger partial charge in [-0.2, -0.15) is 5.10 Å². The van der Waals surface area contributed by atoms with Gasteiger partial charge in [-0.3, -0.25) is 19.6 Å². The van der Waals surface area contributed by atoms with Gasteiger partial charge in [-0.05, 0) is 31.0 Å². The van der Waals surface area contributed by atoms with Gasteiger partial charge >= 0.3 is 5.97 Å². The van der Waals surface area contributed by atoms with Crippen LogP contribution in [0.4, 0.5) is 0 Å². The number of aryl methyl sites for hydroxylation is 1. The van der Waals surface area contributed by atoms with E-state index in [9.17, 15) is 14.4 Å². The van der Waals surface area contributed by atoms with Crippen LogP contribution in [-0.4, -0.2) is 34.2 Å². The Morgan fingerprint density at radius 1 is 1.00 bits per heavy atom. The fourth-order valence-electron chi connectivity index (χ4n) is 3.15. The molecule has 0 atom stereocenters. The number of carbonyl (C=O) groups excluding carboxylic acids is 3. The van der Waals surface area contributed by atoms with Crippen molar-refractivity contribution in [1.29, 1.82) is 0 Å². The van der Waals surface area contributed by atoms with Crippen LogP contribution >= 0.6 is 11.6 Å². The number of imide groups is 1. The van der Waals surface area contributed by atoms with Crippen LogP contribution in [0.3, 0.4) is 0 Å². The summed E-state index contributed by atoms with van der Waals surface area (Å²) < 4.78 is 6.77. The summed E-state index contributed by atoms with van der Waals surface area (Å²) in [6.07, 6.45) is 0.0631. The Bertz CT molecular complexity index is 1110. The van der Waals surface area contributed by atoms with E-state index in [1.54, 1.807) is 36.7 Å². The average Bonchev–Trinajstić information content (AvgIpc) is 3.01. The molecule has 0 spiro atoms. The Balaban J connectivity index is 1.58. The Kier molecular flexibility index (Phi) is 7.20. The minimum atomic E-state index is -0.687. The lowest BCUT2D eigenvalue weighted by atomic mass is 10.1. The van der Waals surface area contributed by atoms with Crippen LogP contribution in [0.25, 0.3) is 0 Å². The first kappa shape index (κ1) is 22.2. The Hall–Kier alpha value is -3.45. The van der Waals surface area contributed by atoms with Crippen molar-refractivity contribution >= 4 is 29.4 Å². The van der Waals surface area contributed by atoms with Crippen molar-refractivity contribution in [2.75, 3.05) is 6.61 Å². The molecule has 1 heterocycles. The number of rotatable bonds is 7. The molecule has 7 nitrogen and oxygen atoms in total. The number of nitrogens with one attached hydrogen (secondary N) is 1. The minimum Gasteiger partial charge on any atom is -0.452 e.